The summed E-state index contributed by atoms with van der Waals surface area (Å²) in [5.41, 5.74) is 0. The van der Waals surface area contributed by atoms with Gasteiger partial charge in [-0.2, -0.15) is 52.7 Å². The highest BCUT2D eigenvalue weighted by Gasteiger charge is 2.90. The van der Waals surface area contributed by atoms with E-state index in [1.807, 2.05) is 0 Å². The smallest absolute Gasteiger partial charge is 0.212 e. The van der Waals surface area contributed by atoms with Gasteiger partial charge in [0.1, 0.15) is 0 Å². The summed E-state index contributed by atoms with van der Waals surface area (Å²) in [5, 5.41) is -9.20. The lowest BCUT2D eigenvalue weighted by Crippen LogP contribution is -2.70. The Hall–Kier alpha value is -0.310. The van der Waals surface area contributed by atoms with Crippen molar-refractivity contribution in [3.8, 4) is 0 Å². The van der Waals surface area contributed by atoms with Gasteiger partial charge in [-0.1, -0.05) is 19.8 Å². The van der Waals surface area contributed by atoms with Gasteiger partial charge in [0, 0.05) is 17.1 Å². The van der Waals surface area contributed by atoms with Crippen LogP contribution in [0.25, 0.3) is 0 Å². The number of hydrogen-bond acceptors (Lipinski definition) is 2. The van der Waals surface area contributed by atoms with Crippen LogP contribution in [-0.4, -0.2) is 48.7 Å². The molecule has 0 rings (SSSR count). The van der Waals surface area contributed by atoms with Gasteiger partial charge in [-0.25, -0.2) is 8.42 Å². The van der Waals surface area contributed by atoms with Crippen LogP contribution in [0.5, 0.6) is 0 Å². The molecule has 0 N–H and O–H groups in total. The first-order chi connectivity index (χ1) is 12.4. The highest BCUT2D eigenvalue weighted by Crippen LogP contribution is 2.61. The summed E-state index contributed by atoms with van der Waals surface area (Å²) in [6.45, 7) is 1.37. The van der Waals surface area contributed by atoms with E-state index in [4.69, 9.17) is 10.7 Å². The van der Waals surface area contributed by atoms with Crippen molar-refractivity contribution in [2.24, 2.45) is 0 Å². The number of halogens is 14. The minimum Gasteiger partial charge on any atom is -0.212 e. The van der Waals surface area contributed by atoms with Gasteiger partial charge in [0.05, 0.1) is 5.25 Å². The van der Waals surface area contributed by atoms with Gasteiger partial charge in [0.2, 0.25) is 9.05 Å². The maximum Gasteiger partial charge on any atom is 0.393 e. The van der Waals surface area contributed by atoms with E-state index in [9.17, 15) is 61.1 Å². The van der Waals surface area contributed by atoms with E-state index in [-0.39, 0.29) is 12.8 Å². The van der Waals surface area contributed by atoms with Crippen LogP contribution in [0.2, 0.25) is 0 Å². The van der Waals surface area contributed by atoms with Gasteiger partial charge in [-0.3, -0.25) is 0 Å². The number of hydrogen-bond donors (Lipinski definition) is 0. The fourth-order valence-electron chi connectivity index (χ4n) is 1.99. The van der Waals surface area contributed by atoms with E-state index in [0.717, 1.165) is 0 Å². The molecule has 1 atom stereocenters. The molecule has 0 aliphatic heterocycles. The predicted molar refractivity (Wildman–Crippen MR) is 78.2 cm³/mol. The van der Waals surface area contributed by atoms with Crippen molar-refractivity contribution in [2.75, 3.05) is 0 Å². The van der Waals surface area contributed by atoms with Gasteiger partial charge in [0.25, 0.3) is 0 Å². The molecule has 29 heavy (non-hydrogen) atoms. The third-order valence-electron chi connectivity index (χ3n) is 3.76. The summed E-state index contributed by atoms with van der Waals surface area (Å²) in [6, 6.07) is 0. The molecule has 0 aromatic carbocycles. The lowest BCUT2D eigenvalue weighted by molar-refractivity contribution is -0.417. The summed E-state index contributed by atoms with van der Waals surface area (Å²) >= 11 is 3.56. The van der Waals surface area contributed by atoms with Gasteiger partial charge in [0.15, 0.2) is 0 Å². The second-order valence-electron chi connectivity index (χ2n) is 5.94. The molecular weight excluding hydrogens is 507 g/mol. The Morgan fingerprint density at radius 3 is 1.45 bits per heavy atom. The van der Waals surface area contributed by atoms with Crippen molar-refractivity contribution in [3.05, 3.63) is 0 Å². The maximum absolute atomic E-state index is 13.8. The second kappa shape index (κ2) is 8.32. The first-order valence-electron chi connectivity index (χ1n) is 7.31. The maximum atomic E-state index is 13.8. The zero-order valence-electron chi connectivity index (χ0n) is 13.9. The Morgan fingerprint density at radius 1 is 0.759 bits per heavy atom. The molecule has 1 unspecified atom stereocenters. The molecule has 17 heteroatoms. The van der Waals surface area contributed by atoms with E-state index >= 15 is 0 Å². The Bertz CT molecular complexity index is 675. The van der Waals surface area contributed by atoms with Gasteiger partial charge >= 0.3 is 35.0 Å². The largest absolute Gasteiger partial charge is 0.393 e. The average Bonchev–Trinajstić information content (AvgIpc) is 2.48. The molecule has 0 spiro atoms. The van der Waals surface area contributed by atoms with Crippen molar-refractivity contribution < 1.29 is 61.1 Å². The molecule has 0 saturated heterocycles. The van der Waals surface area contributed by atoms with E-state index in [0.29, 0.717) is 0 Å². The molecule has 0 aliphatic rings. The molecule has 176 valence electrons. The SMILES string of the molecule is CCCCC(CC(F)(F)C(F)(F)C(F)(F)C(F)(F)C(F)(F)C(F)(F)Cl)S(=O)(=O)Cl. The fourth-order valence-corrected chi connectivity index (χ4v) is 3.42. The molecule has 0 heterocycles. The standard InChI is InChI=1S/C12H12Cl2F12O2S/c1-2-3-4-6(29(14,27)28)5-7(15,16)8(17,18)9(19,20)10(21,22)11(23,24)12(13,25)26/h6H,2-5H2,1H3. The summed E-state index contributed by atoms with van der Waals surface area (Å²) in [7, 11) is -0.377. The predicted octanol–water partition coefficient (Wildman–Crippen LogP) is 6.51. The Labute approximate surface area is 165 Å². The van der Waals surface area contributed by atoms with Crippen LogP contribution in [0.4, 0.5) is 52.7 Å². The van der Waals surface area contributed by atoms with Gasteiger partial charge in [-0.05, 0) is 18.0 Å². The normalized spacial score (nSPS) is 16.8. The van der Waals surface area contributed by atoms with Crippen molar-refractivity contribution >= 4 is 31.3 Å². The van der Waals surface area contributed by atoms with E-state index in [1.165, 1.54) is 6.92 Å². The minimum atomic E-state index is -7.79. The van der Waals surface area contributed by atoms with Crippen LogP contribution in [0.15, 0.2) is 0 Å². The first-order valence-corrected chi connectivity index (χ1v) is 10.1. The molecule has 0 aromatic rings. The monoisotopic (exact) mass is 518 g/mol. The lowest BCUT2D eigenvalue weighted by atomic mass is 9.91. The second-order valence-corrected chi connectivity index (χ2v) is 9.33. The van der Waals surface area contributed by atoms with Crippen LogP contribution in [-0.2, 0) is 9.05 Å². The number of rotatable bonds is 11. The molecule has 0 amide bonds. The Morgan fingerprint density at radius 2 is 1.14 bits per heavy atom. The summed E-state index contributed by atoms with van der Waals surface area (Å²) in [6.07, 6.45) is -3.86. The van der Waals surface area contributed by atoms with Crippen molar-refractivity contribution in [3.63, 3.8) is 0 Å². The molecule has 0 aliphatic carbocycles. The zero-order chi connectivity index (χ0) is 23.9. The van der Waals surface area contributed by atoms with Gasteiger partial charge in [-0.15, -0.1) is 0 Å². The minimum absolute atomic E-state index is 0.0795. The van der Waals surface area contributed by atoms with E-state index in [1.54, 1.807) is 0 Å². The number of alkyl halides is 13. The summed E-state index contributed by atoms with van der Waals surface area (Å²) < 4.78 is 181. The molecule has 0 fully saturated rings. The first kappa shape index (κ1) is 28.7. The highest BCUT2D eigenvalue weighted by atomic mass is 35.7. The van der Waals surface area contributed by atoms with Gasteiger partial charge < -0.3 is 0 Å². The molecule has 0 bridgehead atoms. The molecular formula is C12H12Cl2F12O2S. The molecule has 0 saturated carbocycles. The van der Waals surface area contributed by atoms with E-state index < -0.39 is 62.1 Å². The topological polar surface area (TPSA) is 34.1 Å². The Balaban J connectivity index is 6.28. The zero-order valence-corrected chi connectivity index (χ0v) is 16.3. The average molecular weight is 519 g/mol. The number of unbranched alkanes of at least 4 members (excludes halogenated alkanes) is 1. The van der Waals surface area contributed by atoms with Crippen LogP contribution < -0.4 is 0 Å². The van der Waals surface area contributed by atoms with Crippen LogP contribution in [0.3, 0.4) is 0 Å². The lowest BCUT2D eigenvalue weighted by Gasteiger charge is -2.40. The molecule has 0 radical (unpaired) electrons. The summed E-state index contributed by atoms with van der Waals surface area (Å²) in [5.74, 6) is -36.8. The van der Waals surface area contributed by atoms with Crippen LogP contribution >= 0.6 is 22.3 Å². The summed E-state index contributed by atoms with van der Waals surface area (Å²) in [4.78, 5) is 0. The van der Waals surface area contributed by atoms with E-state index in [2.05, 4.69) is 11.6 Å². The third kappa shape index (κ3) is 5.13. The highest BCUT2D eigenvalue weighted by molar-refractivity contribution is 8.14. The fraction of sp³-hybridized carbons (Fsp3) is 1.00. The Kier molecular flexibility index (Phi) is 8.23. The van der Waals surface area contributed by atoms with Crippen LogP contribution in [0.1, 0.15) is 32.6 Å². The molecule has 2 nitrogen and oxygen atoms in total. The van der Waals surface area contributed by atoms with Crippen molar-refractivity contribution in [1.82, 2.24) is 0 Å². The third-order valence-corrected chi connectivity index (χ3v) is 5.95. The van der Waals surface area contributed by atoms with Crippen molar-refractivity contribution in [1.29, 1.82) is 0 Å². The quantitative estimate of drug-likeness (QED) is 0.177. The van der Waals surface area contributed by atoms with Crippen molar-refractivity contribution in [2.45, 2.75) is 72.9 Å². The van der Waals surface area contributed by atoms with Crippen LogP contribution in [0, 0.1) is 0 Å². The molecule has 0 aromatic heterocycles.